The average molecular weight is 331 g/mol. The quantitative estimate of drug-likeness (QED) is 0.796. The summed E-state index contributed by atoms with van der Waals surface area (Å²) in [7, 11) is -3.69. The van der Waals surface area contributed by atoms with Crippen molar-refractivity contribution in [1.82, 2.24) is 9.97 Å². The Morgan fingerprint density at radius 3 is 2.55 bits per heavy atom. The summed E-state index contributed by atoms with van der Waals surface area (Å²) in [5, 5.41) is 3.88. The van der Waals surface area contributed by atoms with E-state index in [1.807, 2.05) is 23.8 Å². The van der Waals surface area contributed by atoms with E-state index in [4.69, 9.17) is 0 Å². The smallest absolute Gasteiger partial charge is 0.247 e. The standard InChI is InChI=1S/C15H13N3O2S2/c1-11-2-4-13(5-3-11)22(19,20)18-15-16-8-6-14(17-15)12-7-9-21-10-12/h2-10H,1H3,(H,16,17,18). The van der Waals surface area contributed by atoms with E-state index in [1.165, 1.54) is 6.20 Å². The lowest BCUT2D eigenvalue weighted by molar-refractivity contribution is 0.601. The van der Waals surface area contributed by atoms with Crippen LogP contribution < -0.4 is 4.72 Å². The number of hydrogen-bond acceptors (Lipinski definition) is 5. The molecule has 0 spiro atoms. The first kappa shape index (κ1) is 14.7. The van der Waals surface area contributed by atoms with Gasteiger partial charge in [0.1, 0.15) is 0 Å². The summed E-state index contributed by atoms with van der Waals surface area (Å²) in [5.74, 6) is 0.0595. The molecule has 7 heteroatoms. The second-order valence-electron chi connectivity index (χ2n) is 4.70. The fourth-order valence-electron chi connectivity index (χ4n) is 1.88. The van der Waals surface area contributed by atoms with Crippen LogP contribution in [0.5, 0.6) is 0 Å². The van der Waals surface area contributed by atoms with Crippen LogP contribution in [0.15, 0.2) is 58.3 Å². The van der Waals surface area contributed by atoms with Crippen molar-refractivity contribution in [2.75, 3.05) is 4.72 Å². The average Bonchev–Trinajstić information content (AvgIpc) is 3.02. The zero-order valence-electron chi connectivity index (χ0n) is 11.7. The number of anilines is 1. The topological polar surface area (TPSA) is 72.0 Å². The number of rotatable bonds is 4. The minimum atomic E-state index is -3.69. The Morgan fingerprint density at radius 1 is 1.09 bits per heavy atom. The summed E-state index contributed by atoms with van der Waals surface area (Å²) < 4.78 is 27.1. The highest BCUT2D eigenvalue weighted by molar-refractivity contribution is 7.92. The number of aromatic nitrogens is 2. The third-order valence-electron chi connectivity index (χ3n) is 3.03. The van der Waals surface area contributed by atoms with Crippen molar-refractivity contribution in [3.05, 3.63) is 58.9 Å². The van der Waals surface area contributed by atoms with Gasteiger partial charge in [-0.05, 0) is 36.6 Å². The van der Waals surface area contributed by atoms with Crippen molar-refractivity contribution in [3.63, 3.8) is 0 Å². The van der Waals surface area contributed by atoms with E-state index in [-0.39, 0.29) is 10.8 Å². The Balaban J connectivity index is 1.89. The molecule has 0 atom stereocenters. The maximum atomic E-state index is 12.3. The van der Waals surface area contributed by atoms with Gasteiger partial charge in [-0.3, -0.25) is 0 Å². The second-order valence-corrected chi connectivity index (χ2v) is 7.16. The Hall–Kier alpha value is -2.25. The van der Waals surface area contributed by atoms with Gasteiger partial charge in [0.2, 0.25) is 5.95 Å². The van der Waals surface area contributed by atoms with Crippen molar-refractivity contribution < 1.29 is 8.42 Å². The maximum absolute atomic E-state index is 12.3. The maximum Gasteiger partial charge on any atom is 0.264 e. The predicted octanol–water partition coefficient (Wildman–Crippen LogP) is 3.31. The van der Waals surface area contributed by atoms with Crippen LogP contribution in [0.4, 0.5) is 5.95 Å². The Kier molecular flexibility index (Phi) is 3.91. The van der Waals surface area contributed by atoms with Crippen LogP contribution >= 0.6 is 11.3 Å². The van der Waals surface area contributed by atoms with Gasteiger partial charge in [0, 0.05) is 17.1 Å². The molecule has 5 nitrogen and oxygen atoms in total. The summed E-state index contributed by atoms with van der Waals surface area (Å²) in [6, 6.07) is 10.3. The van der Waals surface area contributed by atoms with Gasteiger partial charge in [0.25, 0.3) is 10.0 Å². The minimum Gasteiger partial charge on any atom is -0.247 e. The third-order valence-corrected chi connectivity index (χ3v) is 5.06. The summed E-state index contributed by atoms with van der Waals surface area (Å²) >= 11 is 1.55. The van der Waals surface area contributed by atoms with Gasteiger partial charge < -0.3 is 0 Å². The highest BCUT2D eigenvalue weighted by Crippen LogP contribution is 2.21. The van der Waals surface area contributed by atoms with Gasteiger partial charge in [-0.1, -0.05) is 17.7 Å². The monoisotopic (exact) mass is 331 g/mol. The molecule has 22 heavy (non-hydrogen) atoms. The molecule has 0 saturated carbocycles. The molecule has 112 valence electrons. The van der Waals surface area contributed by atoms with Crippen molar-refractivity contribution in [1.29, 1.82) is 0 Å². The molecule has 0 amide bonds. The van der Waals surface area contributed by atoms with Crippen LogP contribution in [-0.2, 0) is 10.0 Å². The molecular weight excluding hydrogens is 318 g/mol. The van der Waals surface area contributed by atoms with Crippen molar-refractivity contribution in [2.45, 2.75) is 11.8 Å². The lowest BCUT2D eigenvalue weighted by Crippen LogP contribution is -2.15. The van der Waals surface area contributed by atoms with E-state index < -0.39 is 10.0 Å². The Bertz CT molecular complexity index is 873. The fourth-order valence-corrected chi connectivity index (χ4v) is 3.48. The predicted molar refractivity (Wildman–Crippen MR) is 87.3 cm³/mol. The fraction of sp³-hybridized carbons (Fsp3) is 0.0667. The minimum absolute atomic E-state index is 0.0595. The van der Waals surface area contributed by atoms with Gasteiger partial charge in [0.15, 0.2) is 0 Å². The van der Waals surface area contributed by atoms with Crippen molar-refractivity contribution in [2.24, 2.45) is 0 Å². The third kappa shape index (κ3) is 3.15. The lowest BCUT2D eigenvalue weighted by Gasteiger charge is -2.07. The normalized spacial score (nSPS) is 11.3. The van der Waals surface area contributed by atoms with Gasteiger partial charge in [-0.25, -0.2) is 23.1 Å². The van der Waals surface area contributed by atoms with E-state index in [0.717, 1.165) is 11.1 Å². The number of hydrogen-bond donors (Lipinski definition) is 1. The first-order valence-corrected chi connectivity index (χ1v) is 8.92. The van der Waals surface area contributed by atoms with Gasteiger partial charge in [-0.15, -0.1) is 0 Å². The summed E-state index contributed by atoms with van der Waals surface area (Å²) in [5.41, 5.74) is 2.61. The Morgan fingerprint density at radius 2 is 1.86 bits per heavy atom. The largest absolute Gasteiger partial charge is 0.264 e. The van der Waals surface area contributed by atoms with Gasteiger partial charge in [-0.2, -0.15) is 11.3 Å². The molecule has 0 radical (unpaired) electrons. The van der Waals surface area contributed by atoms with Crippen LogP contribution in [0.3, 0.4) is 0 Å². The van der Waals surface area contributed by atoms with E-state index in [2.05, 4.69) is 14.7 Å². The van der Waals surface area contributed by atoms with Gasteiger partial charge >= 0.3 is 0 Å². The zero-order valence-corrected chi connectivity index (χ0v) is 13.4. The first-order valence-electron chi connectivity index (χ1n) is 6.50. The van der Waals surface area contributed by atoms with E-state index in [9.17, 15) is 8.42 Å². The summed E-state index contributed by atoms with van der Waals surface area (Å²) in [6.45, 7) is 1.90. The van der Waals surface area contributed by atoms with Crippen molar-refractivity contribution in [3.8, 4) is 11.3 Å². The van der Waals surface area contributed by atoms with Crippen molar-refractivity contribution >= 4 is 27.3 Å². The van der Waals surface area contributed by atoms with Crippen LogP contribution in [-0.4, -0.2) is 18.4 Å². The van der Waals surface area contributed by atoms with Crippen LogP contribution in [0.1, 0.15) is 5.56 Å². The molecule has 0 aliphatic rings. The molecular formula is C15H13N3O2S2. The SMILES string of the molecule is Cc1ccc(S(=O)(=O)Nc2nccc(-c3ccsc3)n2)cc1. The molecule has 2 aromatic heterocycles. The van der Waals surface area contributed by atoms with Crippen LogP contribution in [0.25, 0.3) is 11.3 Å². The van der Waals surface area contributed by atoms with Gasteiger partial charge in [0.05, 0.1) is 10.6 Å². The molecule has 1 N–H and O–H groups in total. The summed E-state index contributed by atoms with van der Waals surface area (Å²) in [6.07, 6.45) is 1.53. The summed E-state index contributed by atoms with van der Waals surface area (Å²) in [4.78, 5) is 8.41. The Labute approximate surface area is 132 Å². The number of sulfonamides is 1. The molecule has 3 aromatic rings. The molecule has 0 fully saturated rings. The van der Waals surface area contributed by atoms with E-state index in [1.54, 1.807) is 41.7 Å². The number of benzene rings is 1. The number of nitrogens with one attached hydrogen (secondary N) is 1. The molecule has 0 aliphatic carbocycles. The number of aryl methyl sites for hydroxylation is 1. The lowest BCUT2D eigenvalue weighted by atomic mass is 10.2. The number of thiophene rings is 1. The highest BCUT2D eigenvalue weighted by Gasteiger charge is 2.15. The molecule has 0 unspecified atom stereocenters. The molecule has 1 aromatic carbocycles. The highest BCUT2D eigenvalue weighted by atomic mass is 32.2. The number of nitrogens with zero attached hydrogens (tertiary/aromatic N) is 2. The molecule has 0 bridgehead atoms. The van der Waals surface area contributed by atoms with E-state index >= 15 is 0 Å². The second kappa shape index (κ2) is 5.86. The van der Waals surface area contributed by atoms with Crippen LogP contribution in [0.2, 0.25) is 0 Å². The molecule has 3 rings (SSSR count). The molecule has 2 heterocycles. The van der Waals surface area contributed by atoms with E-state index in [0.29, 0.717) is 5.69 Å². The van der Waals surface area contributed by atoms with Crippen LogP contribution in [0, 0.1) is 6.92 Å². The zero-order chi connectivity index (χ0) is 15.6. The molecule has 0 saturated heterocycles. The first-order chi connectivity index (χ1) is 10.5. The molecule has 0 aliphatic heterocycles.